The number of carbonyl (C=O) groups excluding carboxylic acids is 1. The van der Waals surface area contributed by atoms with Gasteiger partial charge in [-0.3, -0.25) is 4.79 Å². The van der Waals surface area contributed by atoms with E-state index >= 15 is 0 Å². The van der Waals surface area contributed by atoms with Crippen LogP contribution in [0.3, 0.4) is 0 Å². The highest BCUT2D eigenvalue weighted by atomic mass is 32.1. The number of hydrogen-bond donors (Lipinski definition) is 2. The standard InChI is InChI=1S/C14H21N3O2S/c1-2-10-7-8-20-13(10)14(18)17(9-12(15)16-19)11-5-3-4-6-11/h7-8,11,19H,2-6,9H2,1H3,(H2,15,16). The average Bonchev–Trinajstić information content (AvgIpc) is 3.13. The summed E-state index contributed by atoms with van der Waals surface area (Å²) in [6.45, 7) is 2.24. The van der Waals surface area contributed by atoms with Crippen LogP contribution in [0.1, 0.15) is 47.8 Å². The van der Waals surface area contributed by atoms with Gasteiger partial charge in [-0.25, -0.2) is 0 Å². The second kappa shape index (κ2) is 6.74. The van der Waals surface area contributed by atoms with Gasteiger partial charge in [0.05, 0.1) is 11.4 Å². The highest BCUT2D eigenvalue weighted by Gasteiger charge is 2.29. The van der Waals surface area contributed by atoms with Crippen molar-refractivity contribution >= 4 is 23.1 Å². The molecule has 20 heavy (non-hydrogen) atoms. The summed E-state index contributed by atoms with van der Waals surface area (Å²) in [5.41, 5.74) is 6.68. The zero-order valence-electron chi connectivity index (χ0n) is 11.7. The van der Waals surface area contributed by atoms with Gasteiger partial charge in [0.15, 0.2) is 5.84 Å². The summed E-state index contributed by atoms with van der Waals surface area (Å²) in [5, 5.41) is 13.7. The molecule has 0 saturated heterocycles. The third kappa shape index (κ3) is 3.12. The Bertz CT molecular complexity index is 492. The zero-order valence-corrected chi connectivity index (χ0v) is 12.5. The Morgan fingerprint density at radius 3 is 2.85 bits per heavy atom. The number of oxime groups is 1. The minimum Gasteiger partial charge on any atom is -0.409 e. The second-order valence-electron chi connectivity index (χ2n) is 5.09. The van der Waals surface area contributed by atoms with Gasteiger partial charge in [0.25, 0.3) is 5.91 Å². The predicted octanol–water partition coefficient (Wildman–Crippen LogP) is 2.44. The first-order valence-electron chi connectivity index (χ1n) is 7.01. The number of rotatable bonds is 5. The number of hydrogen-bond acceptors (Lipinski definition) is 4. The molecule has 0 aromatic carbocycles. The van der Waals surface area contributed by atoms with Crippen LogP contribution in [0.4, 0.5) is 0 Å². The third-order valence-electron chi connectivity index (χ3n) is 3.81. The molecule has 1 saturated carbocycles. The molecule has 1 heterocycles. The minimum atomic E-state index is 0.00958. The van der Waals surface area contributed by atoms with Crippen LogP contribution in [-0.4, -0.2) is 34.4 Å². The van der Waals surface area contributed by atoms with E-state index in [1.165, 1.54) is 11.3 Å². The third-order valence-corrected chi connectivity index (χ3v) is 4.75. The van der Waals surface area contributed by atoms with E-state index in [2.05, 4.69) is 5.16 Å². The summed E-state index contributed by atoms with van der Waals surface area (Å²) in [6, 6.07) is 2.20. The first-order valence-corrected chi connectivity index (χ1v) is 7.89. The van der Waals surface area contributed by atoms with Crippen LogP contribution in [0.5, 0.6) is 0 Å². The molecule has 6 heteroatoms. The van der Waals surface area contributed by atoms with Gasteiger partial charge in [0.1, 0.15) is 0 Å². The molecule has 0 atom stereocenters. The van der Waals surface area contributed by atoms with Crippen LogP contribution in [0.25, 0.3) is 0 Å². The Morgan fingerprint density at radius 1 is 1.55 bits per heavy atom. The maximum absolute atomic E-state index is 12.8. The lowest BCUT2D eigenvalue weighted by atomic mass is 10.1. The maximum atomic E-state index is 12.8. The quantitative estimate of drug-likeness (QED) is 0.379. The zero-order chi connectivity index (χ0) is 14.5. The fourth-order valence-corrected chi connectivity index (χ4v) is 3.67. The van der Waals surface area contributed by atoms with Crippen LogP contribution >= 0.6 is 11.3 Å². The van der Waals surface area contributed by atoms with Crippen molar-refractivity contribution in [2.24, 2.45) is 10.9 Å². The molecule has 0 radical (unpaired) electrons. The molecular formula is C14H21N3O2S. The fraction of sp³-hybridized carbons (Fsp3) is 0.571. The molecule has 2 rings (SSSR count). The fourth-order valence-electron chi connectivity index (χ4n) is 2.72. The highest BCUT2D eigenvalue weighted by molar-refractivity contribution is 7.12. The predicted molar refractivity (Wildman–Crippen MR) is 80.4 cm³/mol. The first-order chi connectivity index (χ1) is 9.67. The number of amides is 1. The first kappa shape index (κ1) is 14.8. The van der Waals surface area contributed by atoms with Crippen LogP contribution in [0, 0.1) is 0 Å². The molecule has 0 spiro atoms. The molecule has 1 aliphatic rings. The van der Waals surface area contributed by atoms with E-state index in [9.17, 15) is 4.79 Å². The summed E-state index contributed by atoms with van der Waals surface area (Å²) in [4.78, 5) is 15.3. The van der Waals surface area contributed by atoms with E-state index in [0.717, 1.165) is 42.5 Å². The molecule has 0 bridgehead atoms. The van der Waals surface area contributed by atoms with Crippen LogP contribution < -0.4 is 5.73 Å². The van der Waals surface area contributed by atoms with Crippen molar-refractivity contribution < 1.29 is 10.0 Å². The number of aryl methyl sites for hydroxylation is 1. The van der Waals surface area contributed by atoms with Gasteiger partial charge in [0, 0.05) is 6.04 Å². The molecule has 110 valence electrons. The van der Waals surface area contributed by atoms with Gasteiger partial charge in [0.2, 0.25) is 0 Å². The van der Waals surface area contributed by atoms with Gasteiger partial charge < -0.3 is 15.8 Å². The largest absolute Gasteiger partial charge is 0.409 e. The van der Waals surface area contributed by atoms with E-state index in [1.54, 1.807) is 4.90 Å². The van der Waals surface area contributed by atoms with Crippen LogP contribution in [-0.2, 0) is 6.42 Å². The lowest BCUT2D eigenvalue weighted by molar-refractivity contribution is 0.0716. The van der Waals surface area contributed by atoms with Gasteiger partial charge in [-0.1, -0.05) is 24.9 Å². The number of thiophene rings is 1. The molecule has 5 nitrogen and oxygen atoms in total. The van der Waals surface area contributed by atoms with E-state index in [0.29, 0.717) is 0 Å². The summed E-state index contributed by atoms with van der Waals surface area (Å²) in [7, 11) is 0. The Hall–Kier alpha value is -1.56. The van der Waals surface area contributed by atoms with E-state index in [4.69, 9.17) is 10.9 Å². The average molecular weight is 295 g/mol. The Balaban J connectivity index is 2.23. The second-order valence-corrected chi connectivity index (χ2v) is 6.01. The van der Waals surface area contributed by atoms with Gasteiger partial charge in [-0.15, -0.1) is 11.3 Å². The molecule has 3 N–H and O–H groups in total. The molecule has 1 aromatic heterocycles. The number of nitrogens with two attached hydrogens (primary N) is 1. The van der Waals surface area contributed by atoms with E-state index in [1.807, 2.05) is 18.4 Å². The van der Waals surface area contributed by atoms with Crippen molar-refractivity contribution in [3.8, 4) is 0 Å². The maximum Gasteiger partial charge on any atom is 0.264 e. The lowest BCUT2D eigenvalue weighted by Crippen LogP contribution is -2.44. The van der Waals surface area contributed by atoms with Crippen LogP contribution in [0.2, 0.25) is 0 Å². The molecule has 1 aromatic rings. The SMILES string of the molecule is CCc1ccsc1C(=O)N(C/C(N)=N/O)C1CCCC1. The van der Waals surface area contributed by atoms with E-state index in [-0.39, 0.29) is 24.3 Å². The van der Waals surface area contributed by atoms with Gasteiger partial charge >= 0.3 is 0 Å². The topological polar surface area (TPSA) is 78.9 Å². The number of nitrogens with zero attached hydrogens (tertiary/aromatic N) is 2. The summed E-state index contributed by atoms with van der Waals surface area (Å²) >= 11 is 1.47. The molecule has 1 aliphatic carbocycles. The number of carbonyl (C=O) groups is 1. The van der Waals surface area contributed by atoms with Crippen LogP contribution in [0.15, 0.2) is 16.6 Å². The van der Waals surface area contributed by atoms with Crippen molar-refractivity contribution in [1.82, 2.24) is 4.90 Å². The van der Waals surface area contributed by atoms with Crippen molar-refractivity contribution in [3.63, 3.8) is 0 Å². The van der Waals surface area contributed by atoms with E-state index < -0.39 is 0 Å². The minimum absolute atomic E-state index is 0.00958. The normalized spacial score (nSPS) is 16.6. The van der Waals surface area contributed by atoms with Crippen molar-refractivity contribution in [2.75, 3.05) is 6.54 Å². The van der Waals surface area contributed by atoms with Crippen molar-refractivity contribution in [3.05, 3.63) is 21.9 Å². The van der Waals surface area contributed by atoms with Gasteiger partial charge in [-0.2, -0.15) is 0 Å². The van der Waals surface area contributed by atoms with Crippen molar-refractivity contribution in [1.29, 1.82) is 0 Å². The summed E-state index contributed by atoms with van der Waals surface area (Å²) < 4.78 is 0. The Kier molecular flexibility index (Phi) is 5.00. The molecule has 0 unspecified atom stereocenters. The monoisotopic (exact) mass is 295 g/mol. The Labute approximate surface area is 123 Å². The smallest absolute Gasteiger partial charge is 0.264 e. The molecule has 0 aliphatic heterocycles. The lowest BCUT2D eigenvalue weighted by Gasteiger charge is -2.28. The number of amidine groups is 1. The highest BCUT2D eigenvalue weighted by Crippen LogP contribution is 2.27. The Morgan fingerprint density at radius 2 is 2.25 bits per heavy atom. The molecule has 1 amide bonds. The molecular weight excluding hydrogens is 274 g/mol. The van der Waals surface area contributed by atoms with Crippen molar-refractivity contribution in [2.45, 2.75) is 45.1 Å². The molecule has 1 fully saturated rings. The van der Waals surface area contributed by atoms with Gasteiger partial charge in [-0.05, 0) is 36.3 Å². The summed E-state index contributed by atoms with van der Waals surface area (Å²) in [6.07, 6.45) is 5.10. The summed E-state index contributed by atoms with van der Waals surface area (Å²) in [5.74, 6) is 0.0928.